The van der Waals surface area contributed by atoms with E-state index in [-0.39, 0.29) is 0 Å². The number of hydrogen-bond donors (Lipinski definition) is 2. The highest BCUT2D eigenvalue weighted by Crippen LogP contribution is 2.24. The largest absolute Gasteiger partial charge is 0.316 e. The van der Waals surface area contributed by atoms with Crippen molar-refractivity contribution in [2.24, 2.45) is 11.8 Å². The third kappa shape index (κ3) is 1.99. The maximum absolute atomic E-state index is 3.52. The monoisotopic (exact) mass is 168 g/mol. The van der Waals surface area contributed by atoms with E-state index in [0.29, 0.717) is 0 Å². The first kappa shape index (κ1) is 8.52. The zero-order valence-electron chi connectivity index (χ0n) is 7.97. The van der Waals surface area contributed by atoms with Crippen LogP contribution in [0.3, 0.4) is 0 Å². The molecule has 0 amide bonds. The lowest BCUT2D eigenvalue weighted by Crippen LogP contribution is -2.17. The Morgan fingerprint density at radius 3 is 2.75 bits per heavy atom. The first-order valence-corrected chi connectivity index (χ1v) is 5.28. The van der Waals surface area contributed by atoms with Gasteiger partial charge in [-0.3, -0.25) is 0 Å². The summed E-state index contributed by atoms with van der Waals surface area (Å²) >= 11 is 0. The fourth-order valence-electron chi connectivity index (χ4n) is 2.60. The van der Waals surface area contributed by atoms with Crippen LogP contribution in [0.25, 0.3) is 0 Å². The first-order chi connectivity index (χ1) is 5.84. The second-order valence-corrected chi connectivity index (χ2v) is 4.51. The quantitative estimate of drug-likeness (QED) is 0.642. The molecule has 12 heavy (non-hydrogen) atoms. The standard InChI is InChI=1S/C10H20N2/c1-8-4-10(7-12-8)5-9-2-3-11-6-9/h8-12H,2-7H2,1H3. The molecule has 0 bridgehead atoms. The van der Waals surface area contributed by atoms with Gasteiger partial charge in [-0.25, -0.2) is 0 Å². The fraction of sp³-hybridized carbons (Fsp3) is 1.00. The number of nitrogens with one attached hydrogen (secondary N) is 2. The predicted molar refractivity (Wildman–Crippen MR) is 51.2 cm³/mol. The van der Waals surface area contributed by atoms with Gasteiger partial charge >= 0.3 is 0 Å². The summed E-state index contributed by atoms with van der Waals surface area (Å²) in [6.45, 7) is 6.08. The summed E-state index contributed by atoms with van der Waals surface area (Å²) in [5.74, 6) is 1.94. The Balaban J connectivity index is 1.72. The van der Waals surface area contributed by atoms with E-state index in [1.807, 2.05) is 0 Å². The summed E-state index contributed by atoms with van der Waals surface area (Å²) in [5.41, 5.74) is 0. The highest BCUT2D eigenvalue weighted by molar-refractivity contribution is 4.82. The van der Waals surface area contributed by atoms with Gasteiger partial charge in [0, 0.05) is 6.04 Å². The van der Waals surface area contributed by atoms with Crippen molar-refractivity contribution >= 4 is 0 Å². The summed E-state index contributed by atoms with van der Waals surface area (Å²) in [5, 5.41) is 6.96. The van der Waals surface area contributed by atoms with Crippen molar-refractivity contribution < 1.29 is 0 Å². The van der Waals surface area contributed by atoms with Crippen LogP contribution in [0.1, 0.15) is 26.2 Å². The molecule has 0 saturated carbocycles. The van der Waals surface area contributed by atoms with Gasteiger partial charge in [-0.1, -0.05) is 0 Å². The molecule has 2 saturated heterocycles. The van der Waals surface area contributed by atoms with Crippen LogP contribution in [0.15, 0.2) is 0 Å². The van der Waals surface area contributed by atoms with Crippen molar-refractivity contribution in [1.82, 2.24) is 10.6 Å². The van der Waals surface area contributed by atoms with Crippen LogP contribution < -0.4 is 10.6 Å². The molecule has 0 aromatic carbocycles. The lowest BCUT2D eigenvalue weighted by atomic mass is 9.92. The Kier molecular flexibility index (Phi) is 2.66. The maximum atomic E-state index is 3.52. The van der Waals surface area contributed by atoms with E-state index in [1.165, 1.54) is 38.9 Å². The molecule has 0 aliphatic carbocycles. The van der Waals surface area contributed by atoms with Gasteiger partial charge in [0.1, 0.15) is 0 Å². The van der Waals surface area contributed by atoms with Gasteiger partial charge in [0.25, 0.3) is 0 Å². The van der Waals surface area contributed by atoms with E-state index in [0.717, 1.165) is 17.9 Å². The van der Waals surface area contributed by atoms with Crippen molar-refractivity contribution in [3.8, 4) is 0 Å². The topological polar surface area (TPSA) is 24.1 Å². The summed E-state index contributed by atoms with van der Waals surface area (Å²) in [6.07, 6.45) is 4.26. The molecule has 2 aliphatic rings. The predicted octanol–water partition coefficient (Wildman–Crippen LogP) is 0.984. The molecule has 2 N–H and O–H groups in total. The van der Waals surface area contributed by atoms with Crippen LogP contribution in [-0.4, -0.2) is 25.7 Å². The van der Waals surface area contributed by atoms with Gasteiger partial charge in [-0.15, -0.1) is 0 Å². The minimum Gasteiger partial charge on any atom is -0.316 e. The van der Waals surface area contributed by atoms with Gasteiger partial charge in [0.2, 0.25) is 0 Å². The Bertz CT molecular complexity index is 141. The summed E-state index contributed by atoms with van der Waals surface area (Å²) in [4.78, 5) is 0. The van der Waals surface area contributed by atoms with Gasteiger partial charge in [-0.05, 0) is 57.7 Å². The molecular weight excluding hydrogens is 148 g/mol. The van der Waals surface area contributed by atoms with Crippen molar-refractivity contribution in [3.05, 3.63) is 0 Å². The SMILES string of the molecule is CC1CC(CC2CCNC2)CN1. The lowest BCUT2D eigenvalue weighted by Gasteiger charge is -2.13. The van der Waals surface area contributed by atoms with Crippen LogP contribution >= 0.6 is 0 Å². The van der Waals surface area contributed by atoms with Crippen LogP contribution in [0.5, 0.6) is 0 Å². The Morgan fingerprint density at radius 1 is 1.25 bits per heavy atom. The van der Waals surface area contributed by atoms with E-state index in [1.54, 1.807) is 0 Å². The molecule has 2 fully saturated rings. The normalized spacial score (nSPS) is 42.2. The Labute approximate surface area is 75.1 Å². The van der Waals surface area contributed by atoms with Crippen LogP contribution in [0.2, 0.25) is 0 Å². The summed E-state index contributed by atoms with van der Waals surface area (Å²) < 4.78 is 0. The number of hydrogen-bond acceptors (Lipinski definition) is 2. The molecule has 2 nitrogen and oxygen atoms in total. The van der Waals surface area contributed by atoms with Crippen LogP contribution in [0, 0.1) is 11.8 Å². The smallest absolute Gasteiger partial charge is 0.00419 e. The molecule has 2 rings (SSSR count). The van der Waals surface area contributed by atoms with Gasteiger partial charge in [-0.2, -0.15) is 0 Å². The molecular formula is C10H20N2. The summed E-state index contributed by atoms with van der Waals surface area (Å²) in [6, 6.07) is 0.768. The third-order valence-corrected chi connectivity index (χ3v) is 3.27. The van der Waals surface area contributed by atoms with Gasteiger partial charge < -0.3 is 10.6 Å². The van der Waals surface area contributed by atoms with Crippen molar-refractivity contribution in [3.63, 3.8) is 0 Å². The molecule has 0 radical (unpaired) electrons. The van der Waals surface area contributed by atoms with Crippen LogP contribution in [0.4, 0.5) is 0 Å². The fourth-order valence-corrected chi connectivity index (χ4v) is 2.60. The molecule has 2 aliphatic heterocycles. The average Bonchev–Trinajstić information content (AvgIpc) is 2.63. The van der Waals surface area contributed by atoms with Crippen molar-refractivity contribution in [1.29, 1.82) is 0 Å². The highest BCUT2D eigenvalue weighted by Gasteiger charge is 2.25. The molecule has 70 valence electrons. The zero-order chi connectivity index (χ0) is 8.39. The molecule has 2 heteroatoms. The Hall–Kier alpha value is -0.0800. The summed E-state index contributed by atoms with van der Waals surface area (Å²) in [7, 11) is 0. The first-order valence-electron chi connectivity index (χ1n) is 5.28. The molecule has 3 atom stereocenters. The average molecular weight is 168 g/mol. The van der Waals surface area contributed by atoms with E-state index >= 15 is 0 Å². The zero-order valence-corrected chi connectivity index (χ0v) is 7.97. The molecule has 2 heterocycles. The minimum atomic E-state index is 0.768. The second-order valence-electron chi connectivity index (χ2n) is 4.51. The Morgan fingerprint density at radius 2 is 2.17 bits per heavy atom. The van der Waals surface area contributed by atoms with E-state index < -0.39 is 0 Å². The molecule has 0 aromatic heterocycles. The molecule has 0 spiro atoms. The lowest BCUT2D eigenvalue weighted by molar-refractivity contribution is 0.409. The second kappa shape index (κ2) is 3.75. The van der Waals surface area contributed by atoms with E-state index in [2.05, 4.69) is 17.6 Å². The molecule has 0 aromatic rings. The van der Waals surface area contributed by atoms with Crippen LogP contribution in [-0.2, 0) is 0 Å². The van der Waals surface area contributed by atoms with E-state index in [4.69, 9.17) is 0 Å². The van der Waals surface area contributed by atoms with Gasteiger partial charge in [0.05, 0.1) is 0 Å². The van der Waals surface area contributed by atoms with Gasteiger partial charge in [0.15, 0.2) is 0 Å². The molecule has 3 unspecified atom stereocenters. The third-order valence-electron chi connectivity index (χ3n) is 3.27. The minimum absolute atomic E-state index is 0.768. The number of rotatable bonds is 2. The van der Waals surface area contributed by atoms with Crippen molar-refractivity contribution in [2.45, 2.75) is 32.2 Å². The van der Waals surface area contributed by atoms with Crippen molar-refractivity contribution in [2.75, 3.05) is 19.6 Å². The van der Waals surface area contributed by atoms with E-state index in [9.17, 15) is 0 Å². The highest BCUT2D eigenvalue weighted by atomic mass is 14.9. The maximum Gasteiger partial charge on any atom is 0.00419 e.